The van der Waals surface area contributed by atoms with Gasteiger partial charge in [-0.3, -0.25) is 4.79 Å². The summed E-state index contributed by atoms with van der Waals surface area (Å²) in [5, 5.41) is 11.8. The predicted molar refractivity (Wildman–Crippen MR) is 131 cm³/mol. The quantitative estimate of drug-likeness (QED) is 0.386. The third kappa shape index (κ3) is 8.23. The lowest BCUT2D eigenvalue weighted by Gasteiger charge is -2.23. The number of benzene rings is 2. The molecule has 0 radical (unpaired) electrons. The zero-order valence-electron chi connectivity index (χ0n) is 20.5. The topological polar surface area (TPSA) is 105 Å². The third-order valence-electron chi connectivity index (χ3n) is 4.62. The van der Waals surface area contributed by atoms with Crippen LogP contribution in [-0.2, 0) is 20.7 Å². The van der Waals surface area contributed by atoms with Gasteiger partial charge in [0.25, 0.3) is 0 Å². The van der Waals surface area contributed by atoms with Crippen LogP contribution in [0.4, 0.5) is 9.18 Å². The number of amides is 1. The van der Waals surface area contributed by atoms with Crippen molar-refractivity contribution < 1.29 is 28.2 Å². The van der Waals surface area contributed by atoms with Gasteiger partial charge in [-0.2, -0.15) is 15.0 Å². The van der Waals surface area contributed by atoms with Crippen molar-refractivity contribution >= 4 is 23.7 Å². The molecule has 0 saturated heterocycles. The maximum Gasteiger partial charge on any atom is 0.407 e. The van der Waals surface area contributed by atoms with Crippen LogP contribution in [0.3, 0.4) is 0 Å². The standard InChI is InChI=1S/C25H28ClFN4O5/c1-5-34-23(32)13-17(29-24(33)36-25(2,3)4)12-18-15-28-31(30-18)19-8-11-22(21(27)14-19)35-20-9-6-16(26)7-10-20/h6-11,14-15,17H,5,12-13H2,1-4H3,(H,29,33). The summed E-state index contributed by atoms with van der Waals surface area (Å²) in [6, 6.07) is 10.2. The Balaban J connectivity index is 1.71. The van der Waals surface area contributed by atoms with E-state index in [9.17, 15) is 14.0 Å². The van der Waals surface area contributed by atoms with Gasteiger partial charge in [0, 0.05) is 23.6 Å². The second-order valence-electron chi connectivity index (χ2n) is 8.85. The number of carbonyl (C=O) groups is 2. The first-order valence-electron chi connectivity index (χ1n) is 11.3. The average molecular weight is 519 g/mol. The van der Waals surface area contributed by atoms with Gasteiger partial charge in [-0.1, -0.05) is 11.6 Å². The number of nitrogens with zero attached hydrogens (tertiary/aromatic N) is 3. The van der Waals surface area contributed by atoms with Crippen LogP contribution in [0.15, 0.2) is 48.7 Å². The van der Waals surface area contributed by atoms with Crippen LogP contribution in [-0.4, -0.2) is 45.3 Å². The molecule has 1 N–H and O–H groups in total. The van der Waals surface area contributed by atoms with E-state index in [-0.39, 0.29) is 25.2 Å². The van der Waals surface area contributed by atoms with E-state index < -0.39 is 29.5 Å². The molecule has 1 unspecified atom stereocenters. The maximum atomic E-state index is 14.7. The predicted octanol–water partition coefficient (Wildman–Crippen LogP) is 5.24. The minimum Gasteiger partial charge on any atom is -0.466 e. The van der Waals surface area contributed by atoms with Gasteiger partial charge in [0.05, 0.1) is 30.6 Å². The van der Waals surface area contributed by atoms with Crippen molar-refractivity contribution in [3.8, 4) is 17.2 Å². The molecule has 1 atom stereocenters. The number of hydrogen-bond acceptors (Lipinski definition) is 7. The molecular formula is C25H28ClFN4O5. The fourth-order valence-corrected chi connectivity index (χ4v) is 3.29. The van der Waals surface area contributed by atoms with Gasteiger partial charge in [-0.25, -0.2) is 9.18 Å². The first kappa shape index (κ1) is 26.9. The lowest BCUT2D eigenvalue weighted by atomic mass is 10.1. The Bertz CT molecular complexity index is 1190. The maximum absolute atomic E-state index is 14.7. The zero-order chi connectivity index (χ0) is 26.3. The zero-order valence-corrected chi connectivity index (χ0v) is 21.2. The number of rotatable bonds is 9. The molecule has 3 rings (SSSR count). The van der Waals surface area contributed by atoms with Gasteiger partial charge >= 0.3 is 12.1 Å². The first-order valence-corrected chi connectivity index (χ1v) is 11.7. The van der Waals surface area contributed by atoms with E-state index in [1.165, 1.54) is 23.1 Å². The molecule has 1 amide bonds. The number of nitrogens with one attached hydrogen (secondary N) is 1. The third-order valence-corrected chi connectivity index (χ3v) is 4.87. The molecule has 2 aromatic carbocycles. The van der Waals surface area contributed by atoms with E-state index in [4.69, 9.17) is 25.8 Å². The molecule has 0 aliphatic heterocycles. The first-order chi connectivity index (χ1) is 17.0. The van der Waals surface area contributed by atoms with Crippen molar-refractivity contribution in [2.75, 3.05) is 6.61 Å². The summed E-state index contributed by atoms with van der Waals surface area (Å²) in [5.74, 6) is -0.599. The monoisotopic (exact) mass is 518 g/mol. The Morgan fingerprint density at radius 3 is 2.53 bits per heavy atom. The summed E-state index contributed by atoms with van der Waals surface area (Å²) < 4.78 is 30.5. The van der Waals surface area contributed by atoms with Crippen molar-refractivity contribution in [1.29, 1.82) is 0 Å². The number of aromatic nitrogens is 3. The Hall–Kier alpha value is -3.66. The highest BCUT2D eigenvalue weighted by Crippen LogP contribution is 2.27. The summed E-state index contributed by atoms with van der Waals surface area (Å²) >= 11 is 5.86. The van der Waals surface area contributed by atoms with Crippen LogP contribution in [0.25, 0.3) is 5.69 Å². The van der Waals surface area contributed by atoms with E-state index >= 15 is 0 Å². The van der Waals surface area contributed by atoms with Crippen molar-refractivity contribution in [3.63, 3.8) is 0 Å². The van der Waals surface area contributed by atoms with E-state index in [2.05, 4.69) is 15.5 Å². The molecule has 0 aliphatic carbocycles. The summed E-state index contributed by atoms with van der Waals surface area (Å²) in [6.07, 6.45) is 0.914. The molecule has 9 nitrogen and oxygen atoms in total. The molecule has 0 bridgehead atoms. The second-order valence-corrected chi connectivity index (χ2v) is 9.29. The lowest BCUT2D eigenvalue weighted by molar-refractivity contribution is -0.143. The Morgan fingerprint density at radius 1 is 1.17 bits per heavy atom. The smallest absolute Gasteiger partial charge is 0.407 e. The SMILES string of the molecule is CCOC(=O)CC(Cc1cnn(-c2ccc(Oc3ccc(Cl)cc3)c(F)c2)n1)NC(=O)OC(C)(C)C. The van der Waals surface area contributed by atoms with Crippen molar-refractivity contribution in [2.45, 2.75) is 52.2 Å². The Morgan fingerprint density at radius 2 is 1.89 bits per heavy atom. The van der Waals surface area contributed by atoms with Crippen molar-refractivity contribution in [2.24, 2.45) is 0 Å². The molecule has 192 valence electrons. The number of alkyl carbamates (subject to hydrolysis) is 1. The number of ether oxygens (including phenoxy) is 3. The molecule has 0 aliphatic rings. The van der Waals surface area contributed by atoms with E-state index in [0.717, 1.165) is 0 Å². The second kappa shape index (κ2) is 11.9. The van der Waals surface area contributed by atoms with Gasteiger partial charge in [0.1, 0.15) is 11.4 Å². The van der Waals surface area contributed by atoms with Crippen LogP contribution in [0.1, 0.15) is 39.8 Å². The van der Waals surface area contributed by atoms with Gasteiger partial charge in [0.2, 0.25) is 0 Å². The number of carbonyl (C=O) groups excluding carboxylic acids is 2. The highest BCUT2D eigenvalue weighted by Gasteiger charge is 2.23. The largest absolute Gasteiger partial charge is 0.466 e. The van der Waals surface area contributed by atoms with Crippen molar-refractivity contribution in [1.82, 2.24) is 20.3 Å². The van der Waals surface area contributed by atoms with Gasteiger partial charge < -0.3 is 19.5 Å². The van der Waals surface area contributed by atoms with Crippen LogP contribution in [0.5, 0.6) is 11.5 Å². The van der Waals surface area contributed by atoms with E-state index in [1.54, 1.807) is 58.0 Å². The Labute approximate surface area is 213 Å². The van der Waals surface area contributed by atoms with Crippen LogP contribution in [0.2, 0.25) is 5.02 Å². The minimum absolute atomic E-state index is 0.0320. The average Bonchev–Trinajstić information content (AvgIpc) is 3.23. The minimum atomic E-state index is -0.699. The molecule has 11 heteroatoms. The van der Waals surface area contributed by atoms with E-state index in [0.29, 0.717) is 22.2 Å². The molecule has 0 spiro atoms. The molecule has 1 heterocycles. The molecular weight excluding hydrogens is 491 g/mol. The normalized spacial score (nSPS) is 12.1. The lowest BCUT2D eigenvalue weighted by Crippen LogP contribution is -2.41. The fourth-order valence-electron chi connectivity index (χ4n) is 3.16. The molecule has 1 aromatic heterocycles. The number of halogens is 2. The fraction of sp³-hybridized carbons (Fsp3) is 0.360. The molecule has 0 saturated carbocycles. The van der Waals surface area contributed by atoms with E-state index in [1.807, 2.05) is 0 Å². The summed E-state index contributed by atoms with van der Waals surface area (Å²) in [4.78, 5) is 25.5. The number of hydrogen-bond donors (Lipinski definition) is 1. The molecule has 3 aromatic rings. The van der Waals surface area contributed by atoms with Crippen LogP contribution < -0.4 is 10.1 Å². The van der Waals surface area contributed by atoms with Crippen LogP contribution in [0, 0.1) is 5.82 Å². The summed E-state index contributed by atoms with van der Waals surface area (Å²) in [6.45, 7) is 7.14. The van der Waals surface area contributed by atoms with Gasteiger partial charge in [-0.05, 0) is 64.1 Å². The molecule has 36 heavy (non-hydrogen) atoms. The summed E-state index contributed by atoms with van der Waals surface area (Å²) in [5.41, 5.74) is 0.140. The number of esters is 1. The van der Waals surface area contributed by atoms with Gasteiger partial charge in [0.15, 0.2) is 11.6 Å². The van der Waals surface area contributed by atoms with Gasteiger partial charge in [-0.15, -0.1) is 0 Å². The summed E-state index contributed by atoms with van der Waals surface area (Å²) in [7, 11) is 0. The highest BCUT2D eigenvalue weighted by atomic mass is 35.5. The van der Waals surface area contributed by atoms with Crippen LogP contribution >= 0.6 is 11.6 Å². The molecule has 0 fully saturated rings. The van der Waals surface area contributed by atoms with Crippen molar-refractivity contribution in [3.05, 3.63) is 65.2 Å². The Kier molecular flexibility index (Phi) is 8.87. The highest BCUT2D eigenvalue weighted by molar-refractivity contribution is 6.30.